The smallest absolute Gasteiger partial charge is 0.240 e. The summed E-state index contributed by atoms with van der Waals surface area (Å²) in [5.74, 6) is 0.622. The van der Waals surface area contributed by atoms with E-state index in [1.807, 2.05) is 72.3 Å². The molecule has 1 aliphatic carbocycles. The predicted molar refractivity (Wildman–Crippen MR) is 158 cm³/mol. The van der Waals surface area contributed by atoms with E-state index in [9.17, 15) is 9.59 Å². The van der Waals surface area contributed by atoms with Crippen LogP contribution < -0.4 is 10.2 Å². The average Bonchev–Trinajstić information content (AvgIpc) is 3.68. The fourth-order valence-corrected chi connectivity index (χ4v) is 6.40. The van der Waals surface area contributed by atoms with Crippen LogP contribution in [0.5, 0.6) is 0 Å². The van der Waals surface area contributed by atoms with Gasteiger partial charge in [0.15, 0.2) is 0 Å². The van der Waals surface area contributed by atoms with E-state index < -0.39 is 0 Å². The lowest BCUT2D eigenvalue weighted by molar-refractivity contribution is -0.123. The Labute approximate surface area is 237 Å². The van der Waals surface area contributed by atoms with Gasteiger partial charge < -0.3 is 5.32 Å². The lowest BCUT2D eigenvalue weighted by Crippen LogP contribution is -2.43. The van der Waals surface area contributed by atoms with E-state index in [2.05, 4.69) is 24.4 Å². The number of anilines is 1. The van der Waals surface area contributed by atoms with E-state index in [4.69, 9.17) is 16.7 Å². The number of carbonyl (C=O) groups is 2. The Morgan fingerprint density at radius 2 is 1.74 bits per heavy atom. The maximum Gasteiger partial charge on any atom is 0.240 e. The standard InChI is InChI=1S/C31H29ClN4O2S/c1-19-7-15-24(16-8-19)36-31-28(29(34-36)21-9-11-22(32)12-10-21)30(25-6-4-3-5-20(25)2)39-18-27(38)35(31)17-26(37)33-23-13-14-23/h3-12,15-16,23,30H,13-14,17-18H2,1-2H3,(H,33,37). The highest BCUT2D eigenvalue weighted by molar-refractivity contribution is 8.00. The number of halogens is 1. The second-order valence-corrected chi connectivity index (χ2v) is 11.7. The SMILES string of the molecule is Cc1ccc(-n2nc(-c3ccc(Cl)cc3)c3c2N(CC(=O)NC2CC2)C(=O)CSC3c2ccccc2C)cc1. The molecule has 2 amide bonds. The topological polar surface area (TPSA) is 67.2 Å². The third-order valence-corrected chi connectivity index (χ3v) is 8.69. The third kappa shape index (κ3) is 5.21. The van der Waals surface area contributed by atoms with Gasteiger partial charge in [0.2, 0.25) is 11.8 Å². The average molecular weight is 557 g/mol. The molecule has 1 fully saturated rings. The summed E-state index contributed by atoms with van der Waals surface area (Å²) in [5, 5.41) is 8.67. The van der Waals surface area contributed by atoms with Crippen LogP contribution in [0.15, 0.2) is 72.8 Å². The van der Waals surface area contributed by atoms with Gasteiger partial charge >= 0.3 is 0 Å². The van der Waals surface area contributed by atoms with Gasteiger partial charge in [0.25, 0.3) is 0 Å². The number of aromatic nitrogens is 2. The maximum atomic E-state index is 13.8. The Hall–Kier alpha value is -3.55. The second-order valence-electron chi connectivity index (χ2n) is 10.2. The lowest BCUT2D eigenvalue weighted by Gasteiger charge is -2.23. The number of carbonyl (C=O) groups excluding carboxylic acids is 2. The molecule has 2 heterocycles. The van der Waals surface area contributed by atoms with Crippen LogP contribution in [0.25, 0.3) is 16.9 Å². The molecule has 2 aliphatic rings. The first kappa shape index (κ1) is 25.7. The molecule has 1 saturated carbocycles. The van der Waals surface area contributed by atoms with Crippen molar-refractivity contribution < 1.29 is 9.59 Å². The molecule has 1 aromatic heterocycles. The minimum atomic E-state index is -0.161. The van der Waals surface area contributed by atoms with E-state index in [1.54, 1.807) is 16.7 Å². The number of fused-ring (bicyclic) bond motifs is 1. The van der Waals surface area contributed by atoms with Crippen LogP contribution in [0.3, 0.4) is 0 Å². The summed E-state index contributed by atoms with van der Waals surface area (Å²) in [5.41, 5.74) is 6.80. The highest BCUT2D eigenvalue weighted by Gasteiger charge is 2.38. The number of thioether (sulfide) groups is 1. The van der Waals surface area contributed by atoms with Crippen LogP contribution in [0, 0.1) is 13.8 Å². The largest absolute Gasteiger partial charge is 0.352 e. The van der Waals surface area contributed by atoms with E-state index in [0.717, 1.165) is 52.0 Å². The number of hydrogen-bond acceptors (Lipinski definition) is 4. The zero-order valence-electron chi connectivity index (χ0n) is 21.9. The van der Waals surface area contributed by atoms with Gasteiger partial charge in [-0.05, 0) is 62.1 Å². The summed E-state index contributed by atoms with van der Waals surface area (Å²) in [6, 6.07) is 24.2. The molecule has 0 radical (unpaired) electrons. The van der Waals surface area contributed by atoms with Crippen LogP contribution in [-0.4, -0.2) is 39.9 Å². The van der Waals surface area contributed by atoms with Crippen LogP contribution in [0.4, 0.5) is 5.82 Å². The first-order chi connectivity index (χ1) is 18.9. The molecule has 198 valence electrons. The number of aryl methyl sites for hydroxylation is 2. The Morgan fingerprint density at radius 1 is 1.03 bits per heavy atom. The zero-order chi connectivity index (χ0) is 27.1. The maximum absolute atomic E-state index is 13.8. The number of nitrogens with one attached hydrogen (secondary N) is 1. The summed E-state index contributed by atoms with van der Waals surface area (Å²) >= 11 is 7.83. The normalized spacial score (nSPS) is 17.1. The Morgan fingerprint density at radius 3 is 2.44 bits per heavy atom. The molecular formula is C31H29ClN4O2S. The molecule has 6 nitrogen and oxygen atoms in total. The van der Waals surface area contributed by atoms with Crippen LogP contribution in [0.1, 0.15) is 40.3 Å². The van der Waals surface area contributed by atoms with Crippen molar-refractivity contribution >= 4 is 41.0 Å². The molecule has 4 aromatic rings. The summed E-state index contributed by atoms with van der Waals surface area (Å²) in [4.78, 5) is 28.5. The highest BCUT2D eigenvalue weighted by atomic mass is 35.5. The highest BCUT2D eigenvalue weighted by Crippen LogP contribution is 2.49. The number of benzene rings is 3. The van der Waals surface area contributed by atoms with Gasteiger partial charge in [-0.2, -0.15) is 5.10 Å². The molecule has 8 heteroatoms. The van der Waals surface area contributed by atoms with E-state index in [1.165, 1.54) is 0 Å². The van der Waals surface area contributed by atoms with Gasteiger partial charge in [0.05, 0.1) is 22.4 Å². The van der Waals surface area contributed by atoms with Gasteiger partial charge in [0, 0.05) is 22.2 Å². The lowest BCUT2D eigenvalue weighted by atomic mass is 9.96. The minimum Gasteiger partial charge on any atom is -0.352 e. The van der Waals surface area contributed by atoms with Crippen LogP contribution in [0.2, 0.25) is 5.02 Å². The molecule has 3 aromatic carbocycles. The van der Waals surface area contributed by atoms with Crippen molar-refractivity contribution in [3.8, 4) is 16.9 Å². The number of hydrogen-bond donors (Lipinski definition) is 1. The van der Waals surface area contributed by atoms with Gasteiger partial charge in [-0.3, -0.25) is 14.5 Å². The fourth-order valence-electron chi connectivity index (χ4n) is 4.98. The number of amides is 2. The van der Waals surface area contributed by atoms with E-state index >= 15 is 0 Å². The molecule has 6 rings (SSSR count). The third-order valence-electron chi connectivity index (χ3n) is 7.20. The van der Waals surface area contributed by atoms with Crippen molar-refractivity contribution in [1.29, 1.82) is 0 Å². The van der Waals surface area contributed by atoms with Crippen molar-refractivity contribution in [3.05, 3.63) is 100 Å². The van der Waals surface area contributed by atoms with Crippen molar-refractivity contribution in [3.63, 3.8) is 0 Å². The Bertz CT molecular complexity index is 1540. The molecule has 0 bridgehead atoms. The van der Waals surface area contributed by atoms with Crippen molar-refractivity contribution in [2.24, 2.45) is 0 Å². The van der Waals surface area contributed by atoms with Gasteiger partial charge in [-0.1, -0.05) is 65.7 Å². The zero-order valence-corrected chi connectivity index (χ0v) is 23.4. The quantitative estimate of drug-likeness (QED) is 0.304. The molecule has 1 aliphatic heterocycles. The Kier molecular flexibility index (Phi) is 6.95. The van der Waals surface area contributed by atoms with E-state index in [-0.39, 0.29) is 35.4 Å². The molecule has 1 unspecified atom stereocenters. The second kappa shape index (κ2) is 10.5. The van der Waals surface area contributed by atoms with Crippen molar-refractivity contribution in [2.45, 2.75) is 38.0 Å². The first-order valence-corrected chi connectivity index (χ1v) is 14.5. The number of nitrogens with zero attached hydrogens (tertiary/aromatic N) is 3. The van der Waals surface area contributed by atoms with E-state index in [0.29, 0.717) is 10.8 Å². The van der Waals surface area contributed by atoms with Crippen LogP contribution in [-0.2, 0) is 9.59 Å². The summed E-state index contributed by atoms with van der Waals surface area (Å²) in [6.07, 6.45) is 1.97. The summed E-state index contributed by atoms with van der Waals surface area (Å²) in [7, 11) is 0. The molecular weight excluding hydrogens is 528 g/mol. The summed E-state index contributed by atoms with van der Waals surface area (Å²) in [6.45, 7) is 4.08. The van der Waals surface area contributed by atoms with Gasteiger partial charge in [-0.25, -0.2) is 4.68 Å². The first-order valence-electron chi connectivity index (χ1n) is 13.1. The Balaban J connectivity index is 1.61. The monoisotopic (exact) mass is 556 g/mol. The predicted octanol–water partition coefficient (Wildman–Crippen LogP) is 6.26. The van der Waals surface area contributed by atoms with Gasteiger partial charge in [0.1, 0.15) is 12.4 Å². The van der Waals surface area contributed by atoms with Crippen molar-refractivity contribution in [2.75, 3.05) is 17.2 Å². The molecule has 1 N–H and O–H groups in total. The number of rotatable bonds is 6. The van der Waals surface area contributed by atoms with Crippen LogP contribution >= 0.6 is 23.4 Å². The molecule has 1 atom stereocenters. The molecule has 0 spiro atoms. The minimum absolute atomic E-state index is 0.0546. The van der Waals surface area contributed by atoms with Gasteiger partial charge in [-0.15, -0.1) is 11.8 Å². The summed E-state index contributed by atoms with van der Waals surface area (Å²) < 4.78 is 1.83. The fraction of sp³-hybridized carbons (Fsp3) is 0.258. The molecule has 0 saturated heterocycles. The van der Waals surface area contributed by atoms with Crippen molar-refractivity contribution in [1.82, 2.24) is 15.1 Å². The molecule has 39 heavy (non-hydrogen) atoms.